The Bertz CT molecular complexity index is 1130. The maximum atomic E-state index is 13.9. The number of nitrogens with zero attached hydrogens (tertiary/aromatic N) is 3. The summed E-state index contributed by atoms with van der Waals surface area (Å²) in [6.45, 7) is 1.12. The number of halogens is 1. The number of aromatic nitrogens is 1. The number of benzene rings is 1. The molecule has 1 aromatic heterocycles. The van der Waals surface area contributed by atoms with Gasteiger partial charge in [-0.05, 0) is 61.8 Å². The Morgan fingerprint density at radius 2 is 1.91 bits per heavy atom. The van der Waals surface area contributed by atoms with Crippen molar-refractivity contribution in [2.24, 2.45) is 5.92 Å². The summed E-state index contributed by atoms with van der Waals surface area (Å²) in [6, 6.07) is 8.86. The second-order valence-corrected chi connectivity index (χ2v) is 9.19. The van der Waals surface area contributed by atoms with Gasteiger partial charge in [0.25, 0.3) is 5.91 Å². The first-order chi connectivity index (χ1) is 16.5. The van der Waals surface area contributed by atoms with Crippen LogP contribution in [0.4, 0.5) is 9.18 Å². The van der Waals surface area contributed by atoms with Gasteiger partial charge in [0.15, 0.2) is 5.54 Å². The lowest BCUT2D eigenvalue weighted by Gasteiger charge is -2.41. The van der Waals surface area contributed by atoms with Gasteiger partial charge in [0.1, 0.15) is 5.82 Å². The van der Waals surface area contributed by atoms with Crippen LogP contribution >= 0.6 is 0 Å². The second kappa shape index (κ2) is 9.00. The Kier molecular flexibility index (Phi) is 5.89. The quantitative estimate of drug-likeness (QED) is 0.690. The number of allylic oxidation sites excluding steroid dienone is 1. The highest BCUT2D eigenvalue weighted by atomic mass is 19.1. The lowest BCUT2D eigenvalue weighted by Crippen LogP contribution is -2.54. The van der Waals surface area contributed by atoms with Gasteiger partial charge in [-0.1, -0.05) is 24.3 Å². The van der Waals surface area contributed by atoms with Gasteiger partial charge in [-0.25, -0.2) is 9.18 Å². The van der Waals surface area contributed by atoms with Crippen molar-refractivity contribution in [1.29, 1.82) is 0 Å². The fraction of sp³-hybridized carbons (Fsp3) is 0.385. The van der Waals surface area contributed by atoms with Crippen molar-refractivity contribution in [2.45, 2.75) is 44.2 Å². The van der Waals surface area contributed by atoms with Crippen LogP contribution in [0.15, 0.2) is 60.4 Å². The van der Waals surface area contributed by atoms with E-state index in [1.54, 1.807) is 30.6 Å². The highest BCUT2D eigenvalue weighted by Crippen LogP contribution is 2.42. The van der Waals surface area contributed by atoms with Gasteiger partial charge >= 0.3 is 6.03 Å². The Morgan fingerprint density at radius 1 is 1.15 bits per heavy atom. The molecule has 5 rings (SSSR count). The Balaban J connectivity index is 1.40. The largest absolute Gasteiger partial charge is 0.339 e. The van der Waals surface area contributed by atoms with Crippen molar-refractivity contribution in [1.82, 2.24) is 20.1 Å². The molecule has 34 heavy (non-hydrogen) atoms. The lowest BCUT2D eigenvalue weighted by atomic mass is 9.73. The zero-order chi connectivity index (χ0) is 23.7. The molecule has 3 heterocycles. The molecule has 1 aliphatic carbocycles. The maximum Gasteiger partial charge on any atom is 0.325 e. The minimum atomic E-state index is -1.24. The number of nitrogens with one attached hydrogen (secondary N) is 1. The number of imide groups is 1. The number of amides is 4. The van der Waals surface area contributed by atoms with Gasteiger partial charge in [-0.3, -0.25) is 19.5 Å². The van der Waals surface area contributed by atoms with Gasteiger partial charge in [0.2, 0.25) is 5.91 Å². The molecule has 2 saturated heterocycles. The third kappa shape index (κ3) is 3.87. The van der Waals surface area contributed by atoms with Gasteiger partial charge in [-0.15, -0.1) is 0 Å². The Labute approximate surface area is 197 Å². The normalized spacial score (nSPS) is 23.3. The van der Waals surface area contributed by atoms with Crippen LogP contribution < -0.4 is 5.32 Å². The van der Waals surface area contributed by atoms with Crippen LogP contribution in [0, 0.1) is 11.7 Å². The summed E-state index contributed by atoms with van der Waals surface area (Å²) in [4.78, 5) is 47.1. The molecule has 2 fully saturated rings. The average Bonchev–Trinajstić information content (AvgIpc) is 3.49. The minimum absolute atomic E-state index is 0.0540. The predicted molar refractivity (Wildman–Crippen MR) is 123 cm³/mol. The molecule has 0 saturated carbocycles. The van der Waals surface area contributed by atoms with Crippen molar-refractivity contribution in [3.05, 3.63) is 77.4 Å². The number of hydrogen-bond acceptors (Lipinski definition) is 4. The van der Waals surface area contributed by atoms with E-state index in [0.717, 1.165) is 24.8 Å². The zero-order valence-corrected chi connectivity index (χ0v) is 18.9. The Hall–Kier alpha value is -3.55. The van der Waals surface area contributed by atoms with E-state index in [1.165, 1.54) is 17.0 Å². The summed E-state index contributed by atoms with van der Waals surface area (Å²) >= 11 is 0. The van der Waals surface area contributed by atoms with Gasteiger partial charge in [0.05, 0.1) is 6.54 Å². The topological polar surface area (TPSA) is 82.6 Å². The molecule has 2 aliphatic heterocycles. The van der Waals surface area contributed by atoms with E-state index in [4.69, 9.17) is 0 Å². The van der Waals surface area contributed by atoms with Crippen molar-refractivity contribution in [3.8, 4) is 0 Å². The smallest absolute Gasteiger partial charge is 0.325 e. The molecule has 0 radical (unpaired) electrons. The second-order valence-electron chi connectivity index (χ2n) is 9.19. The zero-order valence-electron chi connectivity index (χ0n) is 18.9. The fourth-order valence-corrected chi connectivity index (χ4v) is 5.40. The molecule has 1 N–H and O–H groups in total. The van der Waals surface area contributed by atoms with Crippen LogP contribution in [0.5, 0.6) is 0 Å². The van der Waals surface area contributed by atoms with E-state index in [1.807, 2.05) is 17.0 Å². The molecule has 8 heteroatoms. The molecule has 7 nitrogen and oxygen atoms in total. The number of urea groups is 1. The maximum absolute atomic E-state index is 13.9. The van der Waals surface area contributed by atoms with Crippen LogP contribution in [0.25, 0.3) is 0 Å². The molecule has 0 bridgehead atoms. The van der Waals surface area contributed by atoms with E-state index < -0.39 is 11.6 Å². The van der Waals surface area contributed by atoms with Gasteiger partial charge in [-0.2, -0.15) is 0 Å². The number of hydrogen-bond donors (Lipinski definition) is 1. The summed E-state index contributed by atoms with van der Waals surface area (Å²) < 4.78 is 13.3. The van der Waals surface area contributed by atoms with Crippen molar-refractivity contribution >= 4 is 17.8 Å². The van der Waals surface area contributed by atoms with E-state index in [2.05, 4.69) is 10.3 Å². The van der Waals surface area contributed by atoms with E-state index in [9.17, 15) is 18.8 Å². The standard InChI is InChI=1S/C26H27FN4O3/c27-22-9-7-18(8-10-22)17-31-24(33)26(29-25(31)34,21-6-3-13-28-16-21)20-11-14-30(15-12-20)23(32)19-4-1-2-5-19/h3-4,6-10,13,16,20H,1-2,5,11-12,14-15,17H2,(H,29,34). The van der Waals surface area contributed by atoms with Gasteiger partial charge < -0.3 is 10.2 Å². The van der Waals surface area contributed by atoms with Crippen LogP contribution in [-0.4, -0.2) is 45.7 Å². The third-order valence-electron chi connectivity index (χ3n) is 7.21. The number of pyridine rings is 1. The summed E-state index contributed by atoms with van der Waals surface area (Å²) in [5.41, 5.74) is 0.944. The first kappa shape index (κ1) is 22.3. The average molecular weight is 463 g/mol. The first-order valence-electron chi connectivity index (χ1n) is 11.8. The number of carbonyl (C=O) groups is 3. The fourth-order valence-electron chi connectivity index (χ4n) is 5.40. The molecule has 1 unspecified atom stereocenters. The van der Waals surface area contributed by atoms with Crippen molar-refractivity contribution in [2.75, 3.05) is 13.1 Å². The first-order valence-corrected chi connectivity index (χ1v) is 11.8. The molecule has 1 aromatic carbocycles. The van der Waals surface area contributed by atoms with E-state index >= 15 is 0 Å². The summed E-state index contributed by atoms with van der Waals surface area (Å²) in [5, 5.41) is 2.99. The molecular formula is C26H27FN4O3. The van der Waals surface area contributed by atoms with Crippen LogP contribution in [-0.2, 0) is 21.7 Å². The van der Waals surface area contributed by atoms with Crippen molar-refractivity contribution < 1.29 is 18.8 Å². The van der Waals surface area contributed by atoms with Crippen LogP contribution in [0.3, 0.4) is 0 Å². The highest BCUT2D eigenvalue weighted by molar-refractivity contribution is 6.07. The SMILES string of the molecule is O=C(C1=CCCC1)N1CCC(C2(c3cccnc3)NC(=O)N(Cc3ccc(F)cc3)C2=O)CC1. The minimum Gasteiger partial charge on any atom is -0.339 e. The number of carbonyl (C=O) groups excluding carboxylic acids is 3. The predicted octanol–water partition coefficient (Wildman–Crippen LogP) is 3.52. The number of piperidine rings is 1. The molecule has 3 aliphatic rings. The molecule has 0 spiro atoms. The third-order valence-corrected chi connectivity index (χ3v) is 7.21. The Morgan fingerprint density at radius 3 is 2.56 bits per heavy atom. The van der Waals surface area contributed by atoms with E-state index in [0.29, 0.717) is 37.1 Å². The number of rotatable bonds is 5. The molecule has 2 aromatic rings. The monoisotopic (exact) mass is 462 g/mol. The molecule has 4 amide bonds. The van der Waals surface area contributed by atoms with Crippen LogP contribution in [0.1, 0.15) is 43.2 Å². The van der Waals surface area contributed by atoms with E-state index in [-0.39, 0.29) is 30.1 Å². The molecule has 1 atom stereocenters. The molecular weight excluding hydrogens is 435 g/mol. The van der Waals surface area contributed by atoms with Gasteiger partial charge in [0, 0.05) is 36.6 Å². The summed E-state index contributed by atoms with van der Waals surface area (Å²) in [5.74, 6) is -0.808. The number of likely N-dealkylation sites (tertiary alicyclic amines) is 1. The van der Waals surface area contributed by atoms with Crippen LogP contribution in [0.2, 0.25) is 0 Å². The summed E-state index contributed by atoms with van der Waals surface area (Å²) in [7, 11) is 0. The highest BCUT2D eigenvalue weighted by Gasteiger charge is 2.57. The summed E-state index contributed by atoms with van der Waals surface area (Å²) in [6.07, 6.45) is 9.25. The molecule has 176 valence electrons. The lowest BCUT2D eigenvalue weighted by molar-refractivity contribution is -0.135. The van der Waals surface area contributed by atoms with Crippen molar-refractivity contribution in [3.63, 3.8) is 0 Å².